The van der Waals surface area contributed by atoms with Crippen LogP contribution >= 0.6 is 29.1 Å². The molecule has 0 saturated carbocycles. The fourth-order valence-electron chi connectivity index (χ4n) is 8.26. The van der Waals surface area contributed by atoms with Crippen molar-refractivity contribution in [1.82, 2.24) is 53.6 Å². The lowest BCUT2D eigenvalue weighted by atomic mass is 10.1. The lowest BCUT2D eigenvalue weighted by Gasteiger charge is -2.38. The number of aliphatic hydroxyl groups is 4. The highest BCUT2D eigenvalue weighted by Crippen LogP contribution is 2.63. The van der Waals surface area contributed by atoms with Crippen molar-refractivity contribution in [3.63, 3.8) is 0 Å². The standard InChI is InChI=1S/C32H43N15O22P4S2/c1-44-9-47(25-15(44)27(53)43-32(35)41-25)29-19(51)16(48)10(65-29)3-61-70(54,55)68-73(59,75)69-71(56,57)62-5-12-20(21(60-2)30(66-12)45-7-38-13-22(33)36-6-37-23(13)45)67-72(58,74)63-4-11-17(49)18(50)28(64-11)46-8-39-14-24(46)40-31(34)42-26(14)52/h6-12,16-21,28-30,48-51H,3-5H2,1-2H3,(H11-,33,34,35,36,37,40,41,42,43,52,53,54,55,56,57,58,59,74,75)/p-3. The number of imidazole rings is 3. The predicted molar refractivity (Wildman–Crippen MR) is 243 cm³/mol. The quantitative estimate of drug-likeness (QED) is 0.0269. The van der Waals surface area contributed by atoms with Gasteiger partial charge < -0.3 is 94.2 Å². The highest BCUT2D eigenvalue weighted by Gasteiger charge is 2.51. The highest BCUT2D eigenvalue weighted by molar-refractivity contribution is 8.09. The third kappa shape index (κ3) is 11.2. The zero-order valence-corrected chi connectivity index (χ0v) is 43.0. The van der Waals surface area contributed by atoms with Crippen molar-refractivity contribution in [3.05, 3.63) is 46.0 Å². The van der Waals surface area contributed by atoms with Gasteiger partial charge in [0.1, 0.15) is 80.2 Å². The molecule has 0 spiro atoms. The molecular weight excluding hydrogens is 1130 g/mol. The Hall–Kier alpha value is -4.31. The van der Waals surface area contributed by atoms with Gasteiger partial charge in [-0.05, 0) is 0 Å². The van der Waals surface area contributed by atoms with Gasteiger partial charge in [-0.25, -0.2) is 24.5 Å². The molecule has 3 aliphatic heterocycles. The van der Waals surface area contributed by atoms with Gasteiger partial charge in [0, 0.05) is 7.11 Å². The zero-order valence-electron chi connectivity index (χ0n) is 37.8. The van der Waals surface area contributed by atoms with Gasteiger partial charge in [0.25, 0.3) is 32.7 Å². The maximum Gasteiger partial charge on any atom is 0.313 e. The number of H-pyrrole nitrogens is 2. The molecule has 16 atom stereocenters. The van der Waals surface area contributed by atoms with Crippen LogP contribution in [0.25, 0.3) is 33.5 Å². The third-order valence-corrected chi connectivity index (χ3v) is 18.4. The summed E-state index contributed by atoms with van der Waals surface area (Å²) >= 11 is 9.70. The summed E-state index contributed by atoms with van der Waals surface area (Å²) in [6.45, 7) is -13.8. The minimum atomic E-state index is -6.06. The van der Waals surface area contributed by atoms with Gasteiger partial charge in [-0.3, -0.25) is 51.0 Å². The molecule has 0 amide bonds. The number of nitrogens with one attached hydrogen (secondary N) is 2. The van der Waals surface area contributed by atoms with Crippen molar-refractivity contribution < 1.29 is 99.4 Å². The lowest BCUT2D eigenvalue weighted by Crippen LogP contribution is -2.46. The summed E-state index contributed by atoms with van der Waals surface area (Å²) in [5, 5.41) is 43.3. The number of phosphoric acid groups is 2. The van der Waals surface area contributed by atoms with Crippen LogP contribution in [0.5, 0.6) is 0 Å². The summed E-state index contributed by atoms with van der Waals surface area (Å²) in [6, 6.07) is 0. The Balaban J connectivity index is 0.862. The van der Waals surface area contributed by atoms with Gasteiger partial charge in [-0.2, -0.15) is 4.98 Å². The average Bonchev–Trinajstić information content (AvgIpc) is 4.17. The van der Waals surface area contributed by atoms with Gasteiger partial charge >= 0.3 is 5.65 Å². The first-order valence-electron chi connectivity index (χ1n) is 21.1. The van der Waals surface area contributed by atoms with Gasteiger partial charge in [-0.15, -0.1) is 0 Å². The molecule has 9 heterocycles. The molecule has 0 radical (unpaired) electrons. The van der Waals surface area contributed by atoms with Gasteiger partial charge in [0.05, 0.1) is 39.5 Å². The van der Waals surface area contributed by atoms with Crippen molar-refractivity contribution >= 4 is 104 Å². The van der Waals surface area contributed by atoms with Crippen LogP contribution in [0, 0.1) is 0 Å². The van der Waals surface area contributed by atoms with Crippen LogP contribution in [0.1, 0.15) is 18.7 Å². The molecule has 37 nitrogen and oxygen atoms in total. The molecule has 75 heavy (non-hydrogen) atoms. The van der Waals surface area contributed by atoms with Crippen LogP contribution in [-0.2, 0) is 85.5 Å². The van der Waals surface area contributed by atoms with Gasteiger partial charge in [0.15, 0.2) is 41.4 Å². The summed E-state index contributed by atoms with van der Waals surface area (Å²) < 4.78 is 83.2. The van der Waals surface area contributed by atoms with Crippen LogP contribution in [0.2, 0.25) is 0 Å². The number of fused-ring (bicyclic) bond motifs is 3. The number of aliphatic hydroxyl groups excluding tert-OH is 4. The SMILES string of the molecule is COC1C(OP([O-])(=S)OCC2OC(n3cnc4c(=O)[nH]c(N)nc43)C(O)C2O)C(COP(=O)([O-])OP([O-])(=S)OP(=O)([O-])OCC2OC([n+]3cn(C)c4c(=O)[nH]c(N)nc43)C(O)C2O)OC1n1cnc2c(N)ncnc21. The first kappa shape index (κ1) is 55.4. The Morgan fingerprint density at radius 3 is 1.97 bits per heavy atom. The Kier molecular flexibility index (Phi) is 15.4. The third-order valence-electron chi connectivity index (χ3n) is 11.5. The van der Waals surface area contributed by atoms with E-state index in [9.17, 15) is 58.7 Å². The Labute approximate surface area is 426 Å². The Morgan fingerprint density at radius 2 is 1.29 bits per heavy atom. The molecule has 12 N–H and O–H groups in total. The smallest absolute Gasteiger partial charge is 0.313 e. The number of nitrogens with two attached hydrogens (primary N) is 3. The number of rotatable bonds is 19. The summed E-state index contributed by atoms with van der Waals surface area (Å²) in [6.07, 6.45) is -15.0. The first-order chi connectivity index (χ1) is 35.2. The summed E-state index contributed by atoms with van der Waals surface area (Å²) in [7, 11) is -9.44. The van der Waals surface area contributed by atoms with E-state index >= 15 is 0 Å². The number of ether oxygens (including phenoxy) is 4. The number of aryl methyl sites for hydroxylation is 1. The molecule has 0 aliphatic carbocycles. The lowest BCUT2D eigenvalue weighted by molar-refractivity contribution is -0.745. The number of nitrogens with zero attached hydrogens (tertiary/aromatic N) is 10. The fraction of sp³-hybridized carbons (Fsp3) is 0.531. The van der Waals surface area contributed by atoms with Crippen molar-refractivity contribution in [2.45, 2.75) is 73.6 Å². The van der Waals surface area contributed by atoms with Gasteiger partial charge in [0.2, 0.25) is 17.7 Å². The molecule has 410 valence electrons. The summed E-state index contributed by atoms with van der Waals surface area (Å²) in [4.78, 5) is 107. The van der Waals surface area contributed by atoms with E-state index in [1.165, 1.54) is 28.8 Å². The minimum Gasteiger partial charge on any atom is -0.780 e. The molecule has 3 saturated heterocycles. The van der Waals surface area contributed by atoms with Crippen molar-refractivity contribution in [3.8, 4) is 0 Å². The fourth-order valence-corrected chi connectivity index (χ4v) is 14.5. The van der Waals surface area contributed by atoms with Crippen molar-refractivity contribution in [2.75, 3.05) is 44.1 Å². The van der Waals surface area contributed by atoms with E-state index in [0.717, 1.165) is 28.9 Å². The number of aromatic nitrogens is 12. The maximum absolute atomic E-state index is 13.9. The largest absolute Gasteiger partial charge is 0.780 e. The van der Waals surface area contributed by atoms with E-state index in [2.05, 4.69) is 64.8 Å². The Morgan fingerprint density at radius 1 is 0.720 bits per heavy atom. The van der Waals surface area contributed by atoms with E-state index in [4.69, 9.17) is 61.5 Å². The molecule has 0 aromatic carbocycles. The van der Waals surface area contributed by atoms with E-state index in [-0.39, 0.29) is 51.2 Å². The van der Waals surface area contributed by atoms with E-state index in [1.54, 1.807) is 0 Å². The predicted octanol–water partition coefficient (Wildman–Crippen LogP) is -7.01. The topological polar surface area (TPSA) is 539 Å². The summed E-state index contributed by atoms with van der Waals surface area (Å²) in [5.41, 5.74) is 15.6. The molecule has 3 aliphatic rings. The van der Waals surface area contributed by atoms with E-state index < -0.39 is 134 Å². The summed E-state index contributed by atoms with van der Waals surface area (Å²) in [5.74, 6) is -0.665. The first-order valence-corrected chi connectivity index (χ1v) is 29.1. The molecule has 6 aromatic rings. The van der Waals surface area contributed by atoms with Crippen molar-refractivity contribution in [1.29, 1.82) is 0 Å². The zero-order chi connectivity index (χ0) is 54.3. The minimum absolute atomic E-state index is 0.0172. The number of hydrogen-bond acceptors (Lipinski definition) is 33. The molecular formula is C32H40N15O22P4S2-3. The second kappa shape index (κ2) is 20.8. The van der Waals surface area contributed by atoms with E-state index in [0.29, 0.717) is 0 Å². The number of phosphoric ester groups is 2. The molecule has 16 unspecified atom stereocenters. The van der Waals surface area contributed by atoms with E-state index in [1.807, 2.05) is 0 Å². The number of aromatic amines is 2. The number of anilines is 3. The second-order valence-electron chi connectivity index (χ2n) is 16.4. The molecule has 0 bridgehead atoms. The molecule has 3 fully saturated rings. The average molecular weight is 1170 g/mol. The number of nitrogen functional groups attached to an aromatic ring is 3. The normalized spacial score (nSPS) is 30.5. The van der Waals surface area contributed by atoms with Crippen LogP contribution in [0.4, 0.5) is 17.7 Å². The molecule has 9 rings (SSSR count). The highest BCUT2D eigenvalue weighted by atomic mass is 32.5. The Bertz CT molecular complexity index is 3480. The number of methoxy groups -OCH3 is 1. The van der Waals surface area contributed by atoms with Crippen LogP contribution < -0.4 is 52.5 Å². The monoisotopic (exact) mass is 1170 g/mol. The number of hydrogen-bond donors (Lipinski definition) is 9. The van der Waals surface area contributed by atoms with Crippen LogP contribution in [-0.4, -0.2) is 156 Å². The maximum atomic E-state index is 13.9. The van der Waals surface area contributed by atoms with Crippen molar-refractivity contribution in [2.24, 2.45) is 7.05 Å². The second-order valence-corrected chi connectivity index (χ2v) is 24.9. The van der Waals surface area contributed by atoms with Gasteiger partial charge in [-0.1, -0.05) is 28.6 Å². The molecule has 6 aromatic heterocycles. The van der Waals surface area contributed by atoms with Crippen LogP contribution in [0.3, 0.4) is 0 Å². The van der Waals surface area contributed by atoms with Crippen LogP contribution in [0.15, 0.2) is 34.9 Å². The molecule has 43 heteroatoms.